The Kier molecular flexibility index (Phi) is 4.90. The molecule has 1 aromatic carbocycles. The first-order chi connectivity index (χ1) is 8.66. The third-order valence-corrected chi connectivity index (χ3v) is 3.85. The smallest absolute Gasteiger partial charge is 0.137 e. The number of nitrogens with one attached hydrogen (secondary N) is 1. The summed E-state index contributed by atoms with van der Waals surface area (Å²) < 4.78 is 5.85. The van der Waals surface area contributed by atoms with E-state index in [0.717, 1.165) is 30.5 Å². The molecule has 3 heteroatoms. The van der Waals surface area contributed by atoms with E-state index in [-0.39, 0.29) is 0 Å². The van der Waals surface area contributed by atoms with Gasteiger partial charge >= 0.3 is 0 Å². The van der Waals surface area contributed by atoms with E-state index in [0.29, 0.717) is 11.8 Å². The molecule has 0 atom stereocenters. The molecule has 100 valence electrons. The lowest BCUT2D eigenvalue weighted by atomic mass is 9.99. The maximum absolute atomic E-state index is 6.25. The zero-order chi connectivity index (χ0) is 13.0. The van der Waals surface area contributed by atoms with Gasteiger partial charge in [-0.3, -0.25) is 0 Å². The van der Waals surface area contributed by atoms with Gasteiger partial charge in [0.05, 0.1) is 11.6 Å². The lowest BCUT2D eigenvalue weighted by Crippen LogP contribution is -2.30. The molecule has 1 aromatic rings. The van der Waals surface area contributed by atoms with Crippen LogP contribution in [0.15, 0.2) is 18.2 Å². The number of halogens is 1. The molecular formula is C15H22ClNO. The molecule has 0 aliphatic carbocycles. The van der Waals surface area contributed by atoms with Crippen molar-refractivity contribution in [3.63, 3.8) is 0 Å². The summed E-state index contributed by atoms with van der Waals surface area (Å²) in [4.78, 5) is 0. The largest absolute Gasteiger partial charge is 0.492 e. The maximum Gasteiger partial charge on any atom is 0.137 e. The SMILES string of the molecule is CC(C)c1ccc(OCC2CCNCC2)c(Cl)c1. The topological polar surface area (TPSA) is 21.3 Å². The van der Waals surface area contributed by atoms with Crippen LogP contribution in [0.1, 0.15) is 38.2 Å². The Bertz CT molecular complexity index is 386. The molecule has 1 N–H and O–H groups in total. The van der Waals surface area contributed by atoms with Crippen LogP contribution in [-0.2, 0) is 0 Å². The third-order valence-electron chi connectivity index (χ3n) is 3.56. The van der Waals surface area contributed by atoms with E-state index < -0.39 is 0 Å². The number of piperidine rings is 1. The number of rotatable bonds is 4. The zero-order valence-electron chi connectivity index (χ0n) is 11.2. The monoisotopic (exact) mass is 267 g/mol. The summed E-state index contributed by atoms with van der Waals surface area (Å²) in [7, 11) is 0. The maximum atomic E-state index is 6.25. The van der Waals surface area contributed by atoms with Crippen molar-refractivity contribution < 1.29 is 4.74 Å². The van der Waals surface area contributed by atoms with Crippen molar-refractivity contribution in [3.8, 4) is 5.75 Å². The van der Waals surface area contributed by atoms with Crippen molar-refractivity contribution in [1.29, 1.82) is 0 Å². The van der Waals surface area contributed by atoms with Gasteiger partial charge in [-0.15, -0.1) is 0 Å². The predicted octanol–water partition coefficient (Wildman–Crippen LogP) is 3.84. The quantitative estimate of drug-likeness (QED) is 0.895. The zero-order valence-corrected chi connectivity index (χ0v) is 12.0. The van der Waals surface area contributed by atoms with Gasteiger partial charge in [-0.05, 0) is 55.5 Å². The van der Waals surface area contributed by atoms with Gasteiger partial charge in [0.2, 0.25) is 0 Å². The minimum atomic E-state index is 0.501. The summed E-state index contributed by atoms with van der Waals surface area (Å²) in [5.74, 6) is 1.98. The molecule has 1 heterocycles. The summed E-state index contributed by atoms with van der Waals surface area (Å²) in [6, 6.07) is 6.12. The molecule has 0 aromatic heterocycles. The van der Waals surface area contributed by atoms with E-state index in [1.807, 2.05) is 12.1 Å². The Labute approximate surface area is 115 Å². The lowest BCUT2D eigenvalue weighted by Gasteiger charge is -2.23. The van der Waals surface area contributed by atoms with Gasteiger partial charge in [0.1, 0.15) is 5.75 Å². The van der Waals surface area contributed by atoms with Crippen molar-refractivity contribution in [2.45, 2.75) is 32.6 Å². The van der Waals surface area contributed by atoms with Gasteiger partial charge in [-0.2, -0.15) is 0 Å². The van der Waals surface area contributed by atoms with Gasteiger partial charge in [-0.25, -0.2) is 0 Å². The second-order valence-corrected chi connectivity index (χ2v) is 5.76. The van der Waals surface area contributed by atoms with Crippen LogP contribution in [0.4, 0.5) is 0 Å². The molecule has 0 spiro atoms. The van der Waals surface area contributed by atoms with E-state index in [4.69, 9.17) is 16.3 Å². The van der Waals surface area contributed by atoms with Crippen LogP contribution in [-0.4, -0.2) is 19.7 Å². The molecule has 1 aliphatic rings. The minimum absolute atomic E-state index is 0.501. The second kappa shape index (κ2) is 6.44. The first-order valence-corrected chi connectivity index (χ1v) is 7.17. The molecule has 0 amide bonds. The Morgan fingerprint density at radius 3 is 2.67 bits per heavy atom. The average molecular weight is 268 g/mol. The van der Waals surface area contributed by atoms with Crippen molar-refractivity contribution >= 4 is 11.6 Å². The Balaban J connectivity index is 1.92. The van der Waals surface area contributed by atoms with Crippen molar-refractivity contribution in [3.05, 3.63) is 28.8 Å². The van der Waals surface area contributed by atoms with Crippen molar-refractivity contribution in [2.75, 3.05) is 19.7 Å². The van der Waals surface area contributed by atoms with Crippen LogP contribution < -0.4 is 10.1 Å². The molecule has 1 fully saturated rings. The summed E-state index contributed by atoms with van der Waals surface area (Å²) in [5, 5.41) is 4.09. The first-order valence-electron chi connectivity index (χ1n) is 6.80. The predicted molar refractivity (Wildman–Crippen MR) is 76.6 cm³/mol. The Hall–Kier alpha value is -0.730. The van der Waals surface area contributed by atoms with E-state index in [1.165, 1.54) is 18.4 Å². The van der Waals surface area contributed by atoms with Crippen LogP contribution in [0.2, 0.25) is 5.02 Å². The lowest BCUT2D eigenvalue weighted by molar-refractivity contribution is 0.215. The minimum Gasteiger partial charge on any atom is -0.492 e. The summed E-state index contributed by atoms with van der Waals surface area (Å²) >= 11 is 6.25. The molecule has 0 radical (unpaired) electrons. The highest BCUT2D eigenvalue weighted by molar-refractivity contribution is 6.32. The normalized spacial score (nSPS) is 17.1. The molecule has 1 saturated heterocycles. The average Bonchev–Trinajstić information content (AvgIpc) is 2.38. The molecule has 0 bridgehead atoms. The molecule has 0 saturated carbocycles. The summed E-state index contributed by atoms with van der Waals surface area (Å²) in [6.07, 6.45) is 2.39. The highest BCUT2D eigenvalue weighted by Gasteiger charge is 2.14. The van der Waals surface area contributed by atoms with E-state index >= 15 is 0 Å². The first kappa shape index (κ1) is 13.7. The van der Waals surface area contributed by atoms with Crippen LogP contribution in [0.5, 0.6) is 5.75 Å². The van der Waals surface area contributed by atoms with Gasteiger partial charge in [0, 0.05) is 0 Å². The van der Waals surface area contributed by atoms with Crippen molar-refractivity contribution in [2.24, 2.45) is 5.92 Å². The molecule has 18 heavy (non-hydrogen) atoms. The molecule has 2 rings (SSSR count). The Morgan fingerprint density at radius 2 is 2.06 bits per heavy atom. The van der Waals surface area contributed by atoms with E-state index in [1.54, 1.807) is 0 Å². The number of ether oxygens (including phenoxy) is 1. The van der Waals surface area contributed by atoms with Crippen molar-refractivity contribution in [1.82, 2.24) is 5.32 Å². The highest BCUT2D eigenvalue weighted by Crippen LogP contribution is 2.29. The van der Waals surface area contributed by atoms with Crippen LogP contribution >= 0.6 is 11.6 Å². The second-order valence-electron chi connectivity index (χ2n) is 5.35. The van der Waals surface area contributed by atoms with Gasteiger partial charge < -0.3 is 10.1 Å². The van der Waals surface area contributed by atoms with E-state index in [2.05, 4.69) is 25.2 Å². The summed E-state index contributed by atoms with van der Waals surface area (Å²) in [5.41, 5.74) is 1.26. The van der Waals surface area contributed by atoms with Crippen LogP contribution in [0.3, 0.4) is 0 Å². The van der Waals surface area contributed by atoms with Gasteiger partial charge in [-0.1, -0.05) is 31.5 Å². The Morgan fingerprint density at radius 1 is 1.33 bits per heavy atom. The standard InChI is InChI=1S/C15H22ClNO/c1-11(2)13-3-4-15(14(16)9-13)18-10-12-5-7-17-8-6-12/h3-4,9,11-12,17H,5-8,10H2,1-2H3. The highest BCUT2D eigenvalue weighted by atomic mass is 35.5. The molecule has 2 nitrogen and oxygen atoms in total. The molecule has 1 aliphatic heterocycles. The molecule has 0 unspecified atom stereocenters. The van der Waals surface area contributed by atoms with Gasteiger partial charge in [0.15, 0.2) is 0 Å². The fraction of sp³-hybridized carbons (Fsp3) is 0.600. The number of benzene rings is 1. The molecular weight excluding hydrogens is 246 g/mol. The fourth-order valence-corrected chi connectivity index (χ4v) is 2.49. The van der Waals surface area contributed by atoms with Crippen LogP contribution in [0.25, 0.3) is 0 Å². The van der Waals surface area contributed by atoms with Crippen LogP contribution in [0, 0.1) is 5.92 Å². The number of hydrogen-bond donors (Lipinski definition) is 1. The van der Waals surface area contributed by atoms with Gasteiger partial charge in [0.25, 0.3) is 0 Å². The number of hydrogen-bond acceptors (Lipinski definition) is 2. The fourth-order valence-electron chi connectivity index (χ4n) is 2.25. The summed E-state index contributed by atoms with van der Waals surface area (Å²) in [6.45, 7) is 7.33. The third kappa shape index (κ3) is 3.63. The van der Waals surface area contributed by atoms with E-state index in [9.17, 15) is 0 Å².